The molecule has 0 radical (unpaired) electrons. The third kappa shape index (κ3) is 3.26. The van der Waals surface area contributed by atoms with Gasteiger partial charge in [-0.15, -0.1) is 0 Å². The average Bonchev–Trinajstić information content (AvgIpc) is 2.79. The van der Waals surface area contributed by atoms with Crippen LogP contribution in [0.2, 0.25) is 0 Å². The van der Waals surface area contributed by atoms with E-state index in [0.717, 1.165) is 28.6 Å². The van der Waals surface area contributed by atoms with Crippen molar-refractivity contribution >= 4 is 21.7 Å². The second-order valence-electron chi connectivity index (χ2n) is 6.19. The van der Waals surface area contributed by atoms with E-state index in [1.807, 2.05) is 24.3 Å². The summed E-state index contributed by atoms with van der Waals surface area (Å²) >= 11 is 3.46. The van der Waals surface area contributed by atoms with Gasteiger partial charge in [0.25, 0.3) is 0 Å². The van der Waals surface area contributed by atoms with Crippen LogP contribution in [0.1, 0.15) is 55.7 Å². The molecule has 0 atom stereocenters. The minimum Gasteiger partial charge on any atom is -0.287 e. The number of ketones is 1. The molecule has 0 aliphatic heterocycles. The molecule has 0 spiro atoms. The molecule has 0 fully saturated rings. The first-order valence-electron chi connectivity index (χ1n) is 7.21. The molecule has 1 aromatic carbocycles. The van der Waals surface area contributed by atoms with Crippen molar-refractivity contribution in [2.24, 2.45) is 0 Å². The summed E-state index contributed by atoms with van der Waals surface area (Å²) in [6, 6.07) is 7.83. The van der Waals surface area contributed by atoms with Crippen LogP contribution in [0.3, 0.4) is 0 Å². The summed E-state index contributed by atoms with van der Waals surface area (Å²) in [5.41, 5.74) is 2.37. The maximum Gasteiger partial charge on any atom is 0.212 e. The number of carbonyl (C=O) groups excluding carboxylic acids is 1. The highest BCUT2D eigenvalue weighted by Crippen LogP contribution is 2.29. The molecule has 0 N–H and O–H groups in total. The van der Waals surface area contributed by atoms with E-state index >= 15 is 0 Å². The highest BCUT2D eigenvalue weighted by Gasteiger charge is 2.25. The largest absolute Gasteiger partial charge is 0.287 e. The van der Waals surface area contributed by atoms with Gasteiger partial charge in [0, 0.05) is 12.1 Å². The lowest BCUT2D eigenvalue weighted by Crippen LogP contribution is -2.19. The average molecular weight is 349 g/mol. The number of halogens is 1. The minimum absolute atomic E-state index is 0.0263. The highest BCUT2D eigenvalue weighted by atomic mass is 79.9. The molecule has 1 aromatic heterocycles. The van der Waals surface area contributed by atoms with Gasteiger partial charge in [0.2, 0.25) is 5.78 Å². The van der Waals surface area contributed by atoms with Crippen LogP contribution in [0.15, 0.2) is 34.9 Å². The molecule has 0 aliphatic carbocycles. The Bertz CT molecular complexity index is 653. The molecule has 2 aromatic rings. The Morgan fingerprint density at radius 1 is 1.29 bits per heavy atom. The van der Waals surface area contributed by atoms with Crippen molar-refractivity contribution in [3.8, 4) is 0 Å². The summed E-state index contributed by atoms with van der Waals surface area (Å²) in [5, 5.41) is 4.29. The smallest absolute Gasteiger partial charge is 0.212 e. The van der Waals surface area contributed by atoms with Crippen molar-refractivity contribution in [2.45, 2.75) is 46.1 Å². The van der Waals surface area contributed by atoms with Crippen LogP contribution in [-0.4, -0.2) is 15.6 Å². The fourth-order valence-corrected chi connectivity index (χ4v) is 2.91. The van der Waals surface area contributed by atoms with E-state index in [4.69, 9.17) is 0 Å². The Balaban J connectivity index is 2.54. The van der Waals surface area contributed by atoms with E-state index in [1.54, 1.807) is 10.9 Å². The molecule has 0 bridgehead atoms. The Labute approximate surface area is 134 Å². The Hall–Kier alpha value is -1.42. The maximum absolute atomic E-state index is 13.0. The molecule has 2 rings (SSSR count). The second kappa shape index (κ2) is 6.14. The van der Waals surface area contributed by atoms with E-state index in [9.17, 15) is 4.79 Å². The summed E-state index contributed by atoms with van der Waals surface area (Å²) in [6.45, 7) is 9.18. The zero-order valence-electron chi connectivity index (χ0n) is 13.0. The van der Waals surface area contributed by atoms with Gasteiger partial charge in [0.05, 0.1) is 10.7 Å². The third-order valence-electron chi connectivity index (χ3n) is 3.42. The molecule has 0 saturated carbocycles. The van der Waals surface area contributed by atoms with Gasteiger partial charge in [0.15, 0.2) is 0 Å². The van der Waals surface area contributed by atoms with Crippen LogP contribution < -0.4 is 0 Å². The zero-order chi connectivity index (χ0) is 15.6. The first-order valence-corrected chi connectivity index (χ1v) is 8.01. The molecule has 0 saturated heterocycles. The quantitative estimate of drug-likeness (QED) is 0.757. The van der Waals surface area contributed by atoms with Crippen molar-refractivity contribution in [2.75, 3.05) is 0 Å². The lowest BCUT2D eigenvalue weighted by molar-refractivity contribution is 0.102. The lowest BCUT2D eigenvalue weighted by Gasteiger charge is -2.22. The number of aromatic nitrogens is 2. The molecule has 21 heavy (non-hydrogen) atoms. The van der Waals surface area contributed by atoms with Crippen LogP contribution in [-0.2, 0) is 12.0 Å². The second-order valence-corrected chi connectivity index (χ2v) is 7.04. The minimum atomic E-state index is -0.0751. The Kier molecular flexibility index (Phi) is 4.67. The molecule has 0 unspecified atom stereocenters. The van der Waals surface area contributed by atoms with Crippen LogP contribution in [0.4, 0.5) is 0 Å². The highest BCUT2D eigenvalue weighted by molar-refractivity contribution is 9.10. The fourth-order valence-electron chi connectivity index (χ4n) is 2.43. The Morgan fingerprint density at radius 2 is 1.95 bits per heavy atom. The number of carbonyl (C=O) groups is 1. The van der Waals surface area contributed by atoms with Crippen LogP contribution in [0.5, 0.6) is 0 Å². The molecular weight excluding hydrogens is 328 g/mol. The van der Waals surface area contributed by atoms with Gasteiger partial charge in [0.1, 0.15) is 5.69 Å². The number of hydrogen-bond donors (Lipinski definition) is 0. The SMILES string of the molecule is CCCn1ncc(Br)c1C(=O)c1ccccc1C(C)(C)C. The van der Waals surface area contributed by atoms with Gasteiger partial charge in [-0.25, -0.2) is 0 Å². The van der Waals surface area contributed by atoms with Crippen molar-refractivity contribution in [1.29, 1.82) is 0 Å². The summed E-state index contributed by atoms with van der Waals surface area (Å²) in [6.07, 6.45) is 2.64. The summed E-state index contributed by atoms with van der Waals surface area (Å²) in [5.74, 6) is 0.0263. The van der Waals surface area contributed by atoms with Gasteiger partial charge in [-0.2, -0.15) is 5.10 Å². The number of benzene rings is 1. The first kappa shape index (κ1) is 16.0. The summed E-state index contributed by atoms with van der Waals surface area (Å²) < 4.78 is 2.54. The summed E-state index contributed by atoms with van der Waals surface area (Å²) in [4.78, 5) is 13.0. The third-order valence-corrected chi connectivity index (χ3v) is 4.01. The van der Waals surface area contributed by atoms with Gasteiger partial charge >= 0.3 is 0 Å². The van der Waals surface area contributed by atoms with E-state index in [0.29, 0.717) is 5.69 Å². The summed E-state index contributed by atoms with van der Waals surface area (Å²) in [7, 11) is 0. The van der Waals surface area contributed by atoms with Crippen LogP contribution in [0, 0.1) is 0 Å². The van der Waals surface area contributed by atoms with Crippen LogP contribution in [0.25, 0.3) is 0 Å². The first-order chi connectivity index (χ1) is 9.86. The van der Waals surface area contributed by atoms with Gasteiger partial charge in [-0.05, 0) is 33.3 Å². The topological polar surface area (TPSA) is 34.9 Å². The molecule has 0 aliphatic rings. The lowest BCUT2D eigenvalue weighted by atomic mass is 9.82. The predicted octanol–water partition coefficient (Wildman–Crippen LogP) is 4.58. The number of hydrogen-bond acceptors (Lipinski definition) is 2. The number of rotatable bonds is 4. The maximum atomic E-state index is 13.0. The van der Waals surface area contributed by atoms with Crippen molar-refractivity contribution < 1.29 is 4.79 Å². The standard InChI is InChI=1S/C17H21BrN2O/c1-5-10-20-15(14(18)11-19-20)16(21)12-8-6-7-9-13(12)17(2,3)4/h6-9,11H,5,10H2,1-4H3. The van der Waals surface area contributed by atoms with Crippen molar-refractivity contribution in [1.82, 2.24) is 9.78 Å². The van der Waals surface area contributed by atoms with Gasteiger partial charge in [-0.1, -0.05) is 52.0 Å². The van der Waals surface area contributed by atoms with E-state index in [-0.39, 0.29) is 11.2 Å². The normalized spacial score (nSPS) is 11.7. The molecule has 0 amide bonds. The van der Waals surface area contributed by atoms with E-state index in [1.165, 1.54) is 0 Å². The molecule has 112 valence electrons. The Morgan fingerprint density at radius 3 is 2.57 bits per heavy atom. The molecule has 3 nitrogen and oxygen atoms in total. The fraction of sp³-hybridized carbons (Fsp3) is 0.412. The molecule has 1 heterocycles. The number of aryl methyl sites for hydroxylation is 1. The molecular formula is C17H21BrN2O. The van der Waals surface area contributed by atoms with E-state index < -0.39 is 0 Å². The van der Waals surface area contributed by atoms with Gasteiger partial charge in [-0.3, -0.25) is 9.48 Å². The molecule has 4 heteroatoms. The van der Waals surface area contributed by atoms with E-state index in [2.05, 4.69) is 48.7 Å². The number of nitrogens with zero attached hydrogens (tertiary/aromatic N) is 2. The van der Waals surface area contributed by atoms with Crippen LogP contribution >= 0.6 is 15.9 Å². The van der Waals surface area contributed by atoms with Gasteiger partial charge < -0.3 is 0 Å². The van der Waals surface area contributed by atoms with Crippen molar-refractivity contribution in [3.63, 3.8) is 0 Å². The monoisotopic (exact) mass is 348 g/mol. The predicted molar refractivity (Wildman–Crippen MR) is 88.8 cm³/mol. The van der Waals surface area contributed by atoms with Crippen molar-refractivity contribution in [3.05, 3.63) is 51.8 Å². The zero-order valence-corrected chi connectivity index (χ0v) is 14.6.